The third-order valence-corrected chi connectivity index (χ3v) is 7.61. The molecular weight excluding hydrogens is 442 g/mol. The third kappa shape index (κ3) is 4.07. The van der Waals surface area contributed by atoms with Crippen LogP contribution in [0.2, 0.25) is 0 Å². The van der Waals surface area contributed by atoms with Crippen LogP contribution in [0.4, 0.5) is 17.6 Å². The Bertz CT molecular complexity index is 1160. The summed E-state index contributed by atoms with van der Waals surface area (Å²) in [7, 11) is -4.05. The van der Waals surface area contributed by atoms with E-state index in [-0.39, 0.29) is 11.4 Å². The van der Waals surface area contributed by atoms with Gasteiger partial charge in [-0.1, -0.05) is 18.2 Å². The van der Waals surface area contributed by atoms with Gasteiger partial charge in [-0.3, -0.25) is 0 Å². The molecule has 1 aromatic heterocycles. The Balaban J connectivity index is 1.76. The molecule has 30 heavy (non-hydrogen) atoms. The number of halogens is 4. The number of benzene rings is 2. The number of fused-ring (bicyclic) bond motifs is 1. The molecule has 158 valence electrons. The standard InChI is InChI=1S/C20H15F4NO3S2/c21-14-2-1-3-16(12-14)30(26,27)25-10-8-18-17(9-11-29-18)19(25)13-4-6-15(7-5-13)28-20(22,23)24/h1-7,9,11-12,19H,8,10H2/t19-/m0/s1. The van der Waals surface area contributed by atoms with E-state index >= 15 is 0 Å². The van der Waals surface area contributed by atoms with E-state index in [1.807, 2.05) is 5.38 Å². The van der Waals surface area contributed by atoms with E-state index in [0.717, 1.165) is 34.7 Å². The summed E-state index contributed by atoms with van der Waals surface area (Å²) >= 11 is 1.49. The first-order chi connectivity index (χ1) is 14.1. The normalized spacial score (nSPS) is 17.5. The summed E-state index contributed by atoms with van der Waals surface area (Å²) < 4.78 is 82.8. The lowest BCUT2D eigenvalue weighted by Gasteiger charge is -2.35. The van der Waals surface area contributed by atoms with Crippen molar-refractivity contribution in [2.45, 2.75) is 23.7 Å². The molecule has 0 saturated heterocycles. The molecule has 0 spiro atoms. The Kier molecular flexibility index (Phi) is 5.33. The first-order valence-corrected chi connectivity index (χ1v) is 11.2. The van der Waals surface area contributed by atoms with E-state index in [1.165, 1.54) is 39.9 Å². The smallest absolute Gasteiger partial charge is 0.406 e. The molecule has 2 aromatic carbocycles. The van der Waals surface area contributed by atoms with Crippen molar-refractivity contribution in [2.24, 2.45) is 0 Å². The maximum atomic E-state index is 13.7. The summed E-state index contributed by atoms with van der Waals surface area (Å²) in [6.07, 6.45) is -4.33. The first-order valence-electron chi connectivity index (χ1n) is 8.84. The Morgan fingerprint density at radius 2 is 1.80 bits per heavy atom. The van der Waals surface area contributed by atoms with Crippen LogP contribution in [0.1, 0.15) is 22.0 Å². The Morgan fingerprint density at radius 3 is 2.47 bits per heavy atom. The second-order valence-electron chi connectivity index (χ2n) is 6.64. The number of rotatable bonds is 4. The van der Waals surface area contributed by atoms with Crippen molar-refractivity contribution >= 4 is 21.4 Å². The van der Waals surface area contributed by atoms with Gasteiger partial charge < -0.3 is 4.74 Å². The molecule has 1 aliphatic rings. The van der Waals surface area contributed by atoms with Gasteiger partial charge in [-0.05, 0) is 59.3 Å². The van der Waals surface area contributed by atoms with Gasteiger partial charge in [0.05, 0.1) is 10.9 Å². The summed E-state index contributed by atoms with van der Waals surface area (Å²) in [5, 5.41) is 1.84. The third-order valence-electron chi connectivity index (χ3n) is 4.75. The first kappa shape index (κ1) is 20.8. The predicted octanol–water partition coefficient (Wildman–Crippen LogP) is 5.12. The average Bonchev–Trinajstić information content (AvgIpc) is 3.15. The van der Waals surface area contributed by atoms with Crippen LogP contribution in [0, 0.1) is 5.82 Å². The molecule has 0 amide bonds. The molecule has 2 heterocycles. The van der Waals surface area contributed by atoms with Crippen LogP contribution in [-0.2, 0) is 16.4 Å². The number of hydrogen-bond donors (Lipinski definition) is 0. The fourth-order valence-corrected chi connectivity index (χ4v) is 6.04. The highest BCUT2D eigenvalue weighted by atomic mass is 32.2. The minimum Gasteiger partial charge on any atom is -0.406 e. The highest BCUT2D eigenvalue weighted by Crippen LogP contribution is 2.41. The Hall–Kier alpha value is -2.43. The fraction of sp³-hybridized carbons (Fsp3) is 0.200. The van der Waals surface area contributed by atoms with Crippen molar-refractivity contribution in [1.82, 2.24) is 4.31 Å². The molecular formula is C20H15F4NO3S2. The average molecular weight is 457 g/mol. The van der Waals surface area contributed by atoms with Crippen molar-refractivity contribution in [1.29, 1.82) is 0 Å². The number of ether oxygens (including phenoxy) is 1. The Labute approximate surface area is 174 Å². The van der Waals surface area contributed by atoms with Gasteiger partial charge in [-0.15, -0.1) is 24.5 Å². The van der Waals surface area contributed by atoms with Crippen molar-refractivity contribution in [3.05, 3.63) is 81.8 Å². The SMILES string of the molecule is O=S(=O)(c1cccc(F)c1)N1CCc2sccc2[C@@H]1c1ccc(OC(F)(F)F)cc1. The zero-order chi connectivity index (χ0) is 21.5. The molecule has 1 atom stereocenters. The van der Waals surface area contributed by atoms with Gasteiger partial charge in [0.25, 0.3) is 0 Å². The highest BCUT2D eigenvalue weighted by molar-refractivity contribution is 7.89. The summed E-state index contributed by atoms with van der Waals surface area (Å²) in [4.78, 5) is 0.824. The van der Waals surface area contributed by atoms with E-state index in [2.05, 4.69) is 4.74 Å². The van der Waals surface area contributed by atoms with E-state index in [0.29, 0.717) is 12.0 Å². The number of nitrogens with zero attached hydrogens (tertiary/aromatic N) is 1. The van der Waals surface area contributed by atoms with Crippen LogP contribution in [0.25, 0.3) is 0 Å². The second kappa shape index (κ2) is 7.68. The van der Waals surface area contributed by atoms with Crippen molar-refractivity contribution in [3.63, 3.8) is 0 Å². The van der Waals surface area contributed by atoms with Gasteiger partial charge in [-0.25, -0.2) is 12.8 Å². The van der Waals surface area contributed by atoms with Gasteiger partial charge in [0.2, 0.25) is 10.0 Å². The van der Waals surface area contributed by atoms with Gasteiger partial charge in [-0.2, -0.15) is 4.31 Å². The number of sulfonamides is 1. The topological polar surface area (TPSA) is 46.6 Å². The summed E-state index contributed by atoms with van der Waals surface area (Å²) in [5.41, 5.74) is 1.25. The summed E-state index contributed by atoms with van der Waals surface area (Å²) in [6, 6.07) is 10.9. The fourth-order valence-electron chi connectivity index (χ4n) is 3.51. The van der Waals surface area contributed by atoms with Crippen molar-refractivity contribution in [3.8, 4) is 5.75 Å². The monoisotopic (exact) mass is 457 g/mol. The number of alkyl halides is 3. The lowest BCUT2D eigenvalue weighted by Crippen LogP contribution is -2.40. The second-order valence-corrected chi connectivity index (χ2v) is 9.53. The van der Waals surface area contributed by atoms with Crippen LogP contribution in [0.3, 0.4) is 0 Å². The van der Waals surface area contributed by atoms with Crippen LogP contribution in [0.15, 0.2) is 64.9 Å². The molecule has 0 saturated carbocycles. The minimum absolute atomic E-state index is 0.165. The molecule has 3 aromatic rings. The largest absolute Gasteiger partial charge is 0.573 e. The predicted molar refractivity (Wildman–Crippen MR) is 103 cm³/mol. The van der Waals surface area contributed by atoms with Crippen LogP contribution >= 0.6 is 11.3 Å². The van der Waals surface area contributed by atoms with E-state index in [4.69, 9.17) is 0 Å². The minimum atomic E-state index is -4.82. The molecule has 10 heteroatoms. The van der Waals surface area contributed by atoms with Gasteiger partial charge >= 0.3 is 6.36 Å². The quantitative estimate of drug-likeness (QED) is 0.511. The Morgan fingerprint density at radius 1 is 1.07 bits per heavy atom. The molecule has 0 aliphatic carbocycles. The zero-order valence-corrected chi connectivity index (χ0v) is 16.9. The molecule has 0 radical (unpaired) electrons. The molecule has 0 fully saturated rings. The summed E-state index contributed by atoms with van der Waals surface area (Å²) in [5.74, 6) is -1.07. The van der Waals surface area contributed by atoms with E-state index < -0.39 is 34.0 Å². The van der Waals surface area contributed by atoms with Crippen LogP contribution < -0.4 is 4.74 Å². The molecule has 0 unspecified atom stereocenters. The van der Waals surface area contributed by atoms with Crippen LogP contribution in [-0.4, -0.2) is 25.6 Å². The van der Waals surface area contributed by atoms with Crippen molar-refractivity contribution in [2.75, 3.05) is 6.54 Å². The van der Waals surface area contributed by atoms with Gasteiger partial charge in [0, 0.05) is 11.4 Å². The van der Waals surface area contributed by atoms with Gasteiger partial charge in [0.15, 0.2) is 0 Å². The molecule has 1 aliphatic heterocycles. The lowest BCUT2D eigenvalue weighted by molar-refractivity contribution is -0.274. The number of hydrogen-bond acceptors (Lipinski definition) is 4. The highest BCUT2D eigenvalue weighted by Gasteiger charge is 2.38. The maximum absolute atomic E-state index is 13.7. The molecule has 0 bridgehead atoms. The molecule has 4 rings (SSSR count). The van der Waals surface area contributed by atoms with Crippen molar-refractivity contribution < 1.29 is 30.7 Å². The lowest BCUT2D eigenvalue weighted by atomic mass is 9.95. The zero-order valence-electron chi connectivity index (χ0n) is 15.3. The van der Waals surface area contributed by atoms with E-state index in [9.17, 15) is 26.0 Å². The maximum Gasteiger partial charge on any atom is 0.573 e. The summed E-state index contributed by atoms with van der Waals surface area (Å²) in [6.45, 7) is 0.165. The number of thiophene rings is 1. The molecule has 0 N–H and O–H groups in total. The van der Waals surface area contributed by atoms with Gasteiger partial charge in [0.1, 0.15) is 11.6 Å². The van der Waals surface area contributed by atoms with E-state index in [1.54, 1.807) is 6.07 Å². The van der Waals surface area contributed by atoms with Crippen LogP contribution in [0.5, 0.6) is 5.75 Å². The molecule has 4 nitrogen and oxygen atoms in total.